The molecule has 0 atom stereocenters. The number of anilines is 2. The Balaban J connectivity index is 0.776. The van der Waals surface area contributed by atoms with Gasteiger partial charge in [0.15, 0.2) is 11.6 Å². The monoisotopic (exact) mass is 898 g/mol. The first-order chi connectivity index (χ1) is 31.0. The van der Waals surface area contributed by atoms with Gasteiger partial charge >= 0.3 is 0 Å². The van der Waals surface area contributed by atoms with E-state index in [4.69, 9.17) is 45.3 Å². The summed E-state index contributed by atoms with van der Waals surface area (Å²) in [7, 11) is 0. The average molecular weight is 899 g/mol. The van der Waals surface area contributed by atoms with Crippen LogP contribution in [0.15, 0.2) is 36.4 Å². The van der Waals surface area contributed by atoms with Crippen molar-refractivity contribution in [3.8, 4) is 11.4 Å². The number of rotatable bonds is 26. The standard InChI is InChI=1S/C48H66N8O9/c1-31-43-39(27-47(3,4)29-41(43)57)55(53-31)33-9-11-35(45(49)59)37(25-33)51-13-7-15-61-17-19-63-21-23-65-24-22-64-20-18-62-16-8-14-52-38-26-34(10-12-36(38)46(50)60)56-40-28-48(5,6)30-42(58)44(40)32(2)54-56/h9-12,25-26,51-52H,7-8,13-24,27-30H2,1-6H3,(H2,49,59)(H2,50,60). The van der Waals surface area contributed by atoms with Crippen molar-refractivity contribution in [2.45, 2.75) is 80.1 Å². The van der Waals surface area contributed by atoms with Crippen LogP contribution in [0.2, 0.25) is 0 Å². The van der Waals surface area contributed by atoms with Crippen molar-refractivity contribution in [3.05, 3.63) is 81.4 Å². The Morgan fingerprint density at radius 1 is 0.569 bits per heavy atom. The zero-order valence-corrected chi connectivity index (χ0v) is 38.8. The number of nitrogens with two attached hydrogens (primary N) is 2. The van der Waals surface area contributed by atoms with E-state index in [-0.39, 0.29) is 22.4 Å². The molecule has 2 aliphatic carbocycles. The van der Waals surface area contributed by atoms with Gasteiger partial charge in [-0.1, -0.05) is 27.7 Å². The van der Waals surface area contributed by atoms with Gasteiger partial charge in [0.1, 0.15) is 0 Å². The number of amides is 2. The van der Waals surface area contributed by atoms with Crippen LogP contribution in [0.4, 0.5) is 11.4 Å². The number of fused-ring (bicyclic) bond motifs is 2. The minimum atomic E-state index is -0.532. The van der Waals surface area contributed by atoms with Crippen LogP contribution < -0.4 is 22.1 Å². The van der Waals surface area contributed by atoms with Crippen LogP contribution in [0.25, 0.3) is 11.4 Å². The number of aryl methyl sites for hydroxylation is 2. The number of aromatic nitrogens is 4. The molecule has 2 aliphatic rings. The van der Waals surface area contributed by atoms with E-state index < -0.39 is 11.8 Å². The maximum atomic E-state index is 12.9. The molecule has 0 aliphatic heterocycles. The number of benzene rings is 2. The summed E-state index contributed by atoms with van der Waals surface area (Å²) in [5.74, 6) is -0.842. The number of ether oxygens (including phenoxy) is 5. The van der Waals surface area contributed by atoms with Crippen molar-refractivity contribution in [1.29, 1.82) is 0 Å². The van der Waals surface area contributed by atoms with Gasteiger partial charge in [-0.05, 0) is 86.8 Å². The molecule has 0 fully saturated rings. The molecule has 17 heteroatoms. The van der Waals surface area contributed by atoms with Crippen LogP contribution in [-0.2, 0) is 36.5 Å². The van der Waals surface area contributed by atoms with Gasteiger partial charge in [-0.3, -0.25) is 19.2 Å². The lowest BCUT2D eigenvalue weighted by atomic mass is 9.75. The van der Waals surface area contributed by atoms with Crippen molar-refractivity contribution < 1.29 is 42.9 Å². The lowest BCUT2D eigenvalue weighted by Crippen LogP contribution is -2.28. The Morgan fingerprint density at radius 2 is 0.908 bits per heavy atom. The van der Waals surface area contributed by atoms with Crippen molar-refractivity contribution in [2.24, 2.45) is 22.3 Å². The highest BCUT2D eigenvalue weighted by atomic mass is 16.6. The Labute approximate surface area is 381 Å². The fourth-order valence-electron chi connectivity index (χ4n) is 8.53. The fraction of sp³-hybridized carbons (Fsp3) is 0.542. The van der Waals surface area contributed by atoms with Crippen LogP contribution in [0.1, 0.15) is 118 Å². The molecule has 6 rings (SSSR count). The van der Waals surface area contributed by atoms with Gasteiger partial charge in [0.2, 0.25) is 0 Å². The summed E-state index contributed by atoms with van der Waals surface area (Å²) in [4.78, 5) is 50.2. The smallest absolute Gasteiger partial charge is 0.250 e. The molecule has 0 saturated heterocycles. The lowest BCUT2D eigenvalue weighted by molar-refractivity contribution is -0.0110. The number of ketones is 2. The van der Waals surface area contributed by atoms with E-state index in [9.17, 15) is 19.2 Å². The minimum Gasteiger partial charge on any atom is -0.384 e. The third-order valence-electron chi connectivity index (χ3n) is 11.5. The number of nitrogens with one attached hydrogen (secondary N) is 2. The number of Topliss-reactive ketones (excluding diaryl/α,β-unsaturated/α-hetero) is 2. The third-order valence-corrected chi connectivity index (χ3v) is 11.5. The van der Waals surface area contributed by atoms with Crippen molar-refractivity contribution >= 4 is 34.8 Å². The normalized spacial score (nSPS) is 15.2. The number of hydrogen-bond donors (Lipinski definition) is 4. The van der Waals surface area contributed by atoms with Crippen LogP contribution in [0, 0.1) is 24.7 Å². The highest BCUT2D eigenvalue weighted by Crippen LogP contribution is 2.39. The molecule has 0 bridgehead atoms. The molecular weight excluding hydrogens is 833 g/mol. The second-order valence-electron chi connectivity index (χ2n) is 18.3. The molecule has 2 aromatic heterocycles. The zero-order chi connectivity index (χ0) is 46.7. The van der Waals surface area contributed by atoms with E-state index in [0.29, 0.717) is 150 Å². The lowest BCUT2D eigenvalue weighted by Gasteiger charge is -2.29. The predicted molar refractivity (Wildman–Crippen MR) is 247 cm³/mol. The van der Waals surface area contributed by atoms with Gasteiger partial charge < -0.3 is 45.8 Å². The molecule has 0 spiro atoms. The Kier molecular flexibility index (Phi) is 16.7. The Bertz CT molecular complexity index is 2170. The van der Waals surface area contributed by atoms with Crippen LogP contribution >= 0.6 is 0 Å². The Hall–Kier alpha value is -5.46. The predicted octanol–water partition coefficient (Wildman–Crippen LogP) is 5.57. The van der Waals surface area contributed by atoms with Gasteiger partial charge in [-0.25, -0.2) is 9.36 Å². The molecule has 0 radical (unpaired) electrons. The van der Waals surface area contributed by atoms with E-state index in [1.54, 1.807) is 12.1 Å². The molecule has 2 amide bonds. The Morgan fingerprint density at radius 3 is 1.25 bits per heavy atom. The quantitative estimate of drug-likeness (QED) is 0.0567. The summed E-state index contributed by atoms with van der Waals surface area (Å²) < 4.78 is 31.9. The van der Waals surface area contributed by atoms with Gasteiger partial charge in [-0.2, -0.15) is 10.2 Å². The highest BCUT2D eigenvalue weighted by Gasteiger charge is 2.37. The second-order valence-corrected chi connectivity index (χ2v) is 18.3. The third kappa shape index (κ3) is 12.9. The van der Waals surface area contributed by atoms with Crippen LogP contribution in [0.5, 0.6) is 0 Å². The molecule has 6 N–H and O–H groups in total. The van der Waals surface area contributed by atoms with Crippen LogP contribution in [0.3, 0.4) is 0 Å². The summed E-state index contributed by atoms with van der Waals surface area (Å²) in [6, 6.07) is 10.7. The topological polar surface area (TPSA) is 226 Å². The number of primary amides is 2. The summed E-state index contributed by atoms with van der Waals surface area (Å²) in [6.45, 7) is 17.7. The average Bonchev–Trinajstić information content (AvgIpc) is 3.75. The van der Waals surface area contributed by atoms with E-state index in [0.717, 1.165) is 35.6 Å². The van der Waals surface area contributed by atoms with Gasteiger partial charge in [0.25, 0.3) is 11.8 Å². The first-order valence-corrected chi connectivity index (χ1v) is 22.5. The molecular formula is C48H66N8O9. The molecule has 65 heavy (non-hydrogen) atoms. The SMILES string of the molecule is Cc1nn(-c2ccc(C(N)=O)c(NCCCOCCOCCOCCOCCOCCCNc3cc(-n4nc(C)c5c4CC(C)(C)CC5=O)ccc3C(N)=O)c2)c2c1C(=O)CC(C)(C)C2. The number of hydrogen-bond acceptors (Lipinski definition) is 13. The summed E-state index contributed by atoms with van der Waals surface area (Å²) in [5, 5.41) is 16.0. The van der Waals surface area contributed by atoms with Gasteiger partial charge in [0, 0.05) is 50.5 Å². The maximum absolute atomic E-state index is 12.9. The highest BCUT2D eigenvalue weighted by molar-refractivity contribution is 6.01. The molecule has 0 saturated carbocycles. The van der Waals surface area contributed by atoms with Gasteiger partial charge in [-0.15, -0.1) is 0 Å². The van der Waals surface area contributed by atoms with Gasteiger partial charge in [0.05, 0.1) is 109 Å². The van der Waals surface area contributed by atoms with Crippen LogP contribution in [-0.4, -0.2) is 122 Å². The van der Waals surface area contributed by atoms with E-state index in [2.05, 4.69) is 38.3 Å². The van der Waals surface area contributed by atoms with E-state index in [1.807, 2.05) is 47.5 Å². The first kappa shape index (κ1) is 49.0. The second kappa shape index (κ2) is 22.2. The van der Waals surface area contributed by atoms with Crippen molar-refractivity contribution in [1.82, 2.24) is 19.6 Å². The van der Waals surface area contributed by atoms with E-state index in [1.165, 1.54) is 0 Å². The van der Waals surface area contributed by atoms with E-state index >= 15 is 0 Å². The molecule has 2 aromatic carbocycles. The fourth-order valence-corrected chi connectivity index (χ4v) is 8.53. The number of carbonyl (C=O) groups is 4. The molecule has 2 heterocycles. The zero-order valence-electron chi connectivity index (χ0n) is 38.8. The first-order valence-electron chi connectivity index (χ1n) is 22.5. The number of carbonyl (C=O) groups excluding carboxylic acids is 4. The summed E-state index contributed by atoms with van der Waals surface area (Å²) in [5.41, 5.74) is 19.1. The summed E-state index contributed by atoms with van der Waals surface area (Å²) >= 11 is 0. The molecule has 352 valence electrons. The van der Waals surface area contributed by atoms with Crippen molar-refractivity contribution in [3.63, 3.8) is 0 Å². The largest absolute Gasteiger partial charge is 0.384 e. The molecule has 0 unspecified atom stereocenters. The maximum Gasteiger partial charge on any atom is 0.250 e. The number of nitrogens with zero attached hydrogens (tertiary/aromatic N) is 4. The molecule has 4 aromatic rings. The summed E-state index contributed by atoms with van der Waals surface area (Å²) in [6.07, 6.45) is 3.82. The molecule has 17 nitrogen and oxygen atoms in total. The van der Waals surface area contributed by atoms with Crippen molar-refractivity contribution in [2.75, 3.05) is 89.8 Å². The minimum absolute atomic E-state index is 0.111.